The van der Waals surface area contributed by atoms with E-state index >= 15 is 0 Å². The number of rotatable bonds is 3. The van der Waals surface area contributed by atoms with Crippen LogP contribution in [0, 0.1) is 28.1 Å². The van der Waals surface area contributed by atoms with Gasteiger partial charge in [-0.1, -0.05) is 101 Å². The molecular formula is C31H20BrN3O. The van der Waals surface area contributed by atoms with Crippen molar-refractivity contribution >= 4 is 44.2 Å². The van der Waals surface area contributed by atoms with Crippen LogP contribution in [0.25, 0.3) is 16.8 Å². The van der Waals surface area contributed by atoms with Crippen LogP contribution in [0.15, 0.2) is 102 Å². The molecule has 6 rings (SSSR count). The quantitative estimate of drug-likeness (QED) is 0.271. The van der Waals surface area contributed by atoms with E-state index < -0.39 is 23.4 Å². The van der Waals surface area contributed by atoms with E-state index in [1.807, 2.05) is 83.8 Å². The second kappa shape index (κ2) is 8.48. The van der Waals surface area contributed by atoms with E-state index in [9.17, 15) is 15.3 Å². The molecular weight excluding hydrogens is 510 g/mol. The zero-order chi connectivity index (χ0) is 24.9. The molecule has 5 heteroatoms. The third-order valence-corrected chi connectivity index (χ3v) is 8.00. The fourth-order valence-electron chi connectivity index (χ4n) is 5.86. The Balaban J connectivity index is 1.64. The normalized spacial score (nSPS) is 21.3. The van der Waals surface area contributed by atoms with Crippen LogP contribution in [-0.4, -0.2) is 17.9 Å². The molecule has 2 aliphatic heterocycles. The lowest BCUT2D eigenvalue weighted by atomic mass is 9.69. The molecule has 2 aliphatic rings. The van der Waals surface area contributed by atoms with Crippen molar-refractivity contribution in [1.29, 1.82) is 10.5 Å². The minimum Gasteiger partial charge on any atom is -0.351 e. The lowest BCUT2D eigenvalue weighted by Gasteiger charge is -2.36. The molecule has 0 aromatic heterocycles. The van der Waals surface area contributed by atoms with Crippen molar-refractivity contribution in [2.75, 3.05) is 4.90 Å². The Hall–Kier alpha value is -4.19. The highest BCUT2D eigenvalue weighted by molar-refractivity contribution is 9.10. The van der Waals surface area contributed by atoms with Gasteiger partial charge in [0.2, 0.25) is 0 Å². The second-order valence-electron chi connectivity index (χ2n) is 9.23. The summed E-state index contributed by atoms with van der Waals surface area (Å²) in [4.78, 5) is 16.3. The summed E-state index contributed by atoms with van der Waals surface area (Å²) in [5.41, 5.74) is 1.76. The van der Waals surface area contributed by atoms with Gasteiger partial charge in [0.1, 0.15) is 6.04 Å². The first-order valence-electron chi connectivity index (χ1n) is 11.7. The van der Waals surface area contributed by atoms with Crippen LogP contribution in [0.3, 0.4) is 0 Å². The monoisotopic (exact) mass is 529 g/mol. The van der Waals surface area contributed by atoms with Crippen LogP contribution in [0.4, 0.5) is 5.69 Å². The van der Waals surface area contributed by atoms with Crippen molar-refractivity contribution in [3.8, 4) is 12.1 Å². The maximum absolute atomic E-state index is 14.3. The van der Waals surface area contributed by atoms with E-state index in [0.29, 0.717) is 5.56 Å². The number of fused-ring (bicyclic) bond motifs is 5. The Morgan fingerprint density at radius 1 is 0.861 bits per heavy atom. The van der Waals surface area contributed by atoms with Gasteiger partial charge in [0.15, 0.2) is 11.2 Å². The number of hydrogen-bond donors (Lipinski definition) is 0. The molecule has 0 N–H and O–H groups in total. The largest absolute Gasteiger partial charge is 0.351 e. The van der Waals surface area contributed by atoms with Crippen LogP contribution < -0.4 is 4.90 Å². The maximum atomic E-state index is 14.3. The zero-order valence-electron chi connectivity index (χ0n) is 19.2. The number of carbonyl (C=O) groups excluding carboxylic acids is 1. The van der Waals surface area contributed by atoms with Gasteiger partial charge in [-0.2, -0.15) is 10.5 Å². The summed E-state index contributed by atoms with van der Waals surface area (Å²) in [6.07, 6.45) is 3.95. The number of Topliss-reactive ketones (excluding diaryl/α,β-unsaturated/α-hetero) is 1. The molecule has 2 heterocycles. The van der Waals surface area contributed by atoms with Gasteiger partial charge in [-0.25, -0.2) is 0 Å². The second-order valence-corrected chi connectivity index (χ2v) is 10.1. The molecule has 0 unspecified atom stereocenters. The Kier molecular flexibility index (Phi) is 5.25. The Morgan fingerprint density at radius 2 is 1.56 bits per heavy atom. The standard InChI is InChI=1S/C31H20BrN3O/c32-23-13-10-21(11-14-23)28-29(30(36)22-7-2-1-3-8-22)35-26-16-12-20-6-4-5-9-24(20)25(26)15-17-27(35)31(28,18-33)19-34/h1-17,27-29H/t27-,28-,29-/m1/s1. The molecule has 4 aromatic rings. The van der Waals surface area contributed by atoms with Gasteiger partial charge in [0, 0.05) is 27.2 Å². The lowest BCUT2D eigenvalue weighted by Crippen LogP contribution is -2.44. The average molecular weight is 530 g/mol. The first-order chi connectivity index (χ1) is 17.6. The molecule has 0 spiro atoms. The SMILES string of the molecule is N#CC1(C#N)[C@H](c2ccc(Br)cc2)[C@H](C(=O)c2ccccc2)N2c3ccc4ccccc4c3C=C[C@@H]21. The topological polar surface area (TPSA) is 67.9 Å². The molecule has 4 nitrogen and oxygen atoms in total. The number of halogens is 1. The predicted octanol–water partition coefficient (Wildman–Crippen LogP) is 6.89. The molecule has 1 fully saturated rings. The third kappa shape index (κ3) is 3.14. The third-order valence-electron chi connectivity index (χ3n) is 7.47. The van der Waals surface area contributed by atoms with Crippen LogP contribution in [0.2, 0.25) is 0 Å². The number of benzene rings is 4. The fraction of sp³-hybridized carbons (Fsp3) is 0.129. The summed E-state index contributed by atoms with van der Waals surface area (Å²) in [7, 11) is 0. The minimum absolute atomic E-state index is 0.102. The van der Waals surface area contributed by atoms with Crippen molar-refractivity contribution in [3.05, 3.63) is 118 Å². The number of anilines is 1. The molecule has 0 bridgehead atoms. The van der Waals surface area contributed by atoms with Crippen molar-refractivity contribution in [3.63, 3.8) is 0 Å². The fourth-order valence-corrected chi connectivity index (χ4v) is 6.13. The number of ketones is 1. The number of carbonyl (C=O) groups is 1. The van der Waals surface area contributed by atoms with E-state index in [1.165, 1.54) is 0 Å². The van der Waals surface area contributed by atoms with Crippen LogP contribution in [-0.2, 0) is 0 Å². The van der Waals surface area contributed by atoms with E-state index in [0.717, 1.165) is 32.1 Å². The summed E-state index contributed by atoms with van der Waals surface area (Å²) in [6.45, 7) is 0. The smallest absolute Gasteiger partial charge is 0.185 e. The molecule has 172 valence electrons. The molecule has 3 atom stereocenters. The minimum atomic E-state index is -1.46. The maximum Gasteiger partial charge on any atom is 0.185 e. The highest BCUT2D eigenvalue weighted by atomic mass is 79.9. The molecule has 0 amide bonds. The van der Waals surface area contributed by atoms with E-state index in [-0.39, 0.29) is 5.78 Å². The van der Waals surface area contributed by atoms with Crippen LogP contribution >= 0.6 is 15.9 Å². The van der Waals surface area contributed by atoms with Gasteiger partial charge in [-0.05, 0) is 34.5 Å². The number of hydrogen-bond acceptors (Lipinski definition) is 4. The van der Waals surface area contributed by atoms with Crippen molar-refractivity contribution in [2.45, 2.75) is 18.0 Å². The summed E-state index contributed by atoms with van der Waals surface area (Å²) in [6, 6.07) is 32.4. The van der Waals surface area contributed by atoms with E-state index in [2.05, 4.69) is 40.2 Å². The molecule has 1 saturated heterocycles. The van der Waals surface area contributed by atoms with Gasteiger partial charge < -0.3 is 4.90 Å². The van der Waals surface area contributed by atoms with Crippen LogP contribution in [0.1, 0.15) is 27.4 Å². The zero-order valence-corrected chi connectivity index (χ0v) is 20.8. The Bertz CT molecular complexity index is 1600. The van der Waals surface area contributed by atoms with Gasteiger partial charge in [-0.15, -0.1) is 0 Å². The Morgan fingerprint density at radius 3 is 2.28 bits per heavy atom. The lowest BCUT2D eigenvalue weighted by molar-refractivity contribution is 0.0951. The summed E-state index contributed by atoms with van der Waals surface area (Å²) in [5, 5.41) is 23.3. The van der Waals surface area contributed by atoms with Crippen molar-refractivity contribution in [1.82, 2.24) is 0 Å². The molecule has 4 aromatic carbocycles. The first kappa shape index (κ1) is 22.3. The summed E-state index contributed by atoms with van der Waals surface area (Å²) >= 11 is 3.48. The van der Waals surface area contributed by atoms with Gasteiger partial charge >= 0.3 is 0 Å². The van der Waals surface area contributed by atoms with Crippen LogP contribution in [0.5, 0.6) is 0 Å². The van der Waals surface area contributed by atoms with E-state index in [4.69, 9.17) is 0 Å². The highest BCUT2D eigenvalue weighted by Gasteiger charge is 2.63. The summed E-state index contributed by atoms with van der Waals surface area (Å²) < 4.78 is 0.893. The Labute approximate surface area is 217 Å². The van der Waals surface area contributed by atoms with E-state index in [1.54, 1.807) is 12.1 Å². The number of nitriles is 2. The molecule has 0 saturated carbocycles. The molecule has 36 heavy (non-hydrogen) atoms. The number of nitrogens with zero attached hydrogens (tertiary/aromatic N) is 3. The van der Waals surface area contributed by atoms with Crippen molar-refractivity contribution in [2.24, 2.45) is 5.41 Å². The highest BCUT2D eigenvalue weighted by Crippen LogP contribution is 2.56. The van der Waals surface area contributed by atoms with Gasteiger partial charge in [-0.3, -0.25) is 4.79 Å². The molecule has 0 aliphatic carbocycles. The first-order valence-corrected chi connectivity index (χ1v) is 12.5. The van der Waals surface area contributed by atoms with Gasteiger partial charge in [0.25, 0.3) is 0 Å². The predicted molar refractivity (Wildman–Crippen MR) is 144 cm³/mol. The summed E-state index contributed by atoms with van der Waals surface area (Å²) in [5.74, 6) is -0.754. The van der Waals surface area contributed by atoms with Crippen molar-refractivity contribution < 1.29 is 4.79 Å². The van der Waals surface area contributed by atoms with Gasteiger partial charge in [0.05, 0.1) is 18.2 Å². The molecule has 0 radical (unpaired) electrons. The average Bonchev–Trinajstić information content (AvgIpc) is 3.24.